The van der Waals surface area contributed by atoms with Gasteiger partial charge in [-0.1, -0.05) is 6.92 Å². The van der Waals surface area contributed by atoms with Crippen LogP contribution in [0.25, 0.3) is 0 Å². The third kappa shape index (κ3) is 1.93. The summed E-state index contributed by atoms with van der Waals surface area (Å²) in [4.78, 5) is 13.0. The van der Waals surface area contributed by atoms with E-state index >= 15 is 0 Å². The monoisotopic (exact) mass is 157 g/mol. The molecule has 1 unspecified atom stereocenters. The van der Waals surface area contributed by atoms with Crippen LogP contribution in [0.2, 0.25) is 0 Å². The quantitative estimate of drug-likeness (QED) is 0.629. The van der Waals surface area contributed by atoms with E-state index in [1.165, 1.54) is 0 Å². The second-order valence-electron chi connectivity index (χ2n) is 2.96. The van der Waals surface area contributed by atoms with Gasteiger partial charge in [-0.3, -0.25) is 4.79 Å². The Morgan fingerprint density at radius 2 is 2.09 bits per heavy atom. The summed E-state index contributed by atoms with van der Waals surface area (Å²) in [6.07, 6.45) is 1.92. The highest BCUT2D eigenvalue weighted by Gasteiger charge is 2.22. The number of nitrogens with zero attached hydrogens (tertiary/aromatic N) is 1. The zero-order valence-electron chi connectivity index (χ0n) is 6.92. The topological polar surface area (TPSA) is 40.5 Å². The van der Waals surface area contributed by atoms with Crippen molar-refractivity contribution in [1.82, 2.24) is 4.90 Å². The first kappa shape index (κ1) is 8.53. The third-order valence-electron chi connectivity index (χ3n) is 2.09. The minimum absolute atomic E-state index is 0.0926. The number of aliphatic hydroxyl groups excluding tert-OH is 1. The highest BCUT2D eigenvalue weighted by molar-refractivity contribution is 5.80. The molecule has 0 aromatic heterocycles. The Balaban J connectivity index is 2.39. The van der Waals surface area contributed by atoms with Crippen LogP contribution in [0, 0.1) is 0 Å². The number of amides is 1. The fourth-order valence-corrected chi connectivity index (χ4v) is 1.32. The highest BCUT2D eigenvalue weighted by atomic mass is 16.3. The number of hydrogen-bond acceptors (Lipinski definition) is 2. The van der Waals surface area contributed by atoms with E-state index in [1.807, 2.05) is 6.92 Å². The molecule has 1 atom stereocenters. The predicted octanol–water partition coefficient (Wildman–Crippen LogP) is 0.380. The lowest BCUT2D eigenvalue weighted by Crippen LogP contribution is -2.36. The van der Waals surface area contributed by atoms with Crippen molar-refractivity contribution in [3.63, 3.8) is 0 Å². The van der Waals surface area contributed by atoms with Crippen LogP contribution in [-0.4, -0.2) is 35.1 Å². The van der Waals surface area contributed by atoms with Crippen molar-refractivity contribution in [2.24, 2.45) is 0 Å². The van der Waals surface area contributed by atoms with E-state index in [0.717, 1.165) is 25.9 Å². The van der Waals surface area contributed by atoms with Gasteiger partial charge in [-0.05, 0) is 19.3 Å². The van der Waals surface area contributed by atoms with E-state index in [1.54, 1.807) is 4.90 Å². The summed E-state index contributed by atoms with van der Waals surface area (Å²) in [6, 6.07) is 0. The van der Waals surface area contributed by atoms with E-state index in [-0.39, 0.29) is 5.91 Å². The minimum Gasteiger partial charge on any atom is -0.383 e. The van der Waals surface area contributed by atoms with Crippen molar-refractivity contribution in [3.8, 4) is 0 Å². The SMILES string of the molecule is CCC(O)C(=O)N1CCCC1. The Morgan fingerprint density at radius 1 is 1.55 bits per heavy atom. The molecule has 0 spiro atoms. The first-order valence-corrected chi connectivity index (χ1v) is 4.22. The molecule has 0 aliphatic carbocycles. The number of carbonyl (C=O) groups is 1. The first-order valence-electron chi connectivity index (χ1n) is 4.22. The van der Waals surface area contributed by atoms with E-state index in [2.05, 4.69) is 0 Å². The van der Waals surface area contributed by atoms with Crippen molar-refractivity contribution >= 4 is 5.91 Å². The second kappa shape index (κ2) is 3.72. The van der Waals surface area contributed by atoms with Crippen LogP contribution in [-0.2, 0) is 4.79 Å². The van der Waals surface area contributed by atoms with Gasteiger partial charge in [0.05, 0.1) is 0 Å². The first-order chi connectivity index (χ1) is 5.25. The van der Waals surface area contributed by atoms with Crippen LogP contribution in [0.3, 0.4) is 0 Å². The zero-order valence-corrected chi connectivity index (χ0v) is 6.92. The fourth-order valence-electron chi connectivity index (χ4n) is 1.32. The largest absolute Gasteiger partial charge is 0.383 e. The summed E-state index contributed by atoms with van der Waals surface area (Å²) in [5.41, 5.74) is 0. The Labute approximate surface area is 67.0 Å². The zero-order chi connectivity index (χ0) is 8.27. The van der Waals surface area contributed by atoms with Crippen molar-refractivity contribution in [1.29, 1.82) is 0 Å². The molecule has 1 aliphatic rings. The average Bonchev–Trinajstić information content (AvgIpc) is 2.53. The number of hydrogen-bond donors (Lipinski definition) is 1. The molecule has 0 radical (unpaired) electrons. The fraction of sp³-hybridized carbons (Fsp3) is 0.875. The molecule has 1 N–H and O–H groups in total. The van der Waals surface area contributed by atoms with E-state index in [0.29, 0.717) is 6.42 Å². The summed E-state index contributed by atoms with van der Waals surface area (Å²) in [7, 11) is 0. The Bertz CT molecular complexity index is 141. The molecule has 11 heavy (non-hydrogen) atoms. The molecule has 1 saturated heterocycles. The van der Waals surface area contributed by atoms with Gasteiger partial charge in [0.15, 0.2) is 0 Å². The molecule has 0 aromatic rings. The van der Waals surface area contributed by atoms with Crippen LogP contribution < -0.4 is 0 Å². The number of carbonyl (C=O) groups excluding carboxylic acids is 1. The van der Waals surface area contributed by atoms with E-state index < -0.39 is 6.10 Å². The molecule has 0 aromatic carbocycles. The summed E-state index contributed by atoms with van der Waals surface area (Å²) in [6.45, 7) is 3.48. The van der Waals surface area contributed by atoms with E-state index in [4.69, 9.17) is 0 Å². The lowest BCUT2D eigenvalue weighted by molar-refractivity contribution is -0.139. The van der Waals surface area contributed by atoms with Gasteiger partial charge in [-0.2, -0.15) is 0 Å². The maximum atomic E-state index is 11.3. The molecule has 1 heterocycles. The van der Waals surface area contributed by atoms with Crippen molar-refractivity contribution in [2.75, 3.05) is 13.1 Å². The number of aliphatic hydroxyl groups is 1. The third-order valence-corrected chi connectivity index (χ3v) is 2.09. The van der Waals surface area contributed by atoms with Gasteiger partial charge in [-0.25, -0.2) is 0 Å². The van der Waals surface area contributed by atoms with Crippen LogP contribution in [0.15, 0.2) is 0 Å². The van der Waals surface area contributed by atoms with Crippen molar-refractivity contribution in [2.45, 2.75) is 32.3 Å². The van der Waals surface area contributed by atoms with Crippen LogP contribution in [0.1, 0.15) is 26.2 Å². The van der Waals surface area contributed by atoms with Crippen LogP contribution in [0.4, 0.5) is 0 Å². The van der Waals surface area contributed by atoms with Crippen molar-refractivity contribution < 1.29 is 9.90 Å². The Hall–Kier alpha value is -0.570. The normalized spacial score (nSPS) is 20.4. The molecule has 1 amide bonds. The summed E-state index contributed by atoms with van der Waals surface area (Å²) < 4.78 is 0. The Morgan fingerprint density at radius 3 is 2.55 bits per heavy atom. The molecular weight excluding hydrogens is 142 g/mol. The maximum absolute atomic E-state index is 11.3. The number of rotatable bonds is 2. The number of likely N-dealkylation sites (tertiary alicyclic amines) is 1. The standard InChI is InChI=1S/C8H15NO2/c1-2-7(10)8(11)9-5-3-4-6-9/h7,10H,2-6H2,1H3. The molecule has 1 aliphatic heterocycles. The van der Waals surface area contributed by atoms with Gasteiger partial charge in [0, 0.05) is 13.1 Å². The molecule has 3 heteroatoms. The van der Waals surface area contributed by atoms with Gasteiger partial charge in [0.2, 0.25) is 0 Å². The molecule has 1 rings (SSSR count). The van der Waals surface area contributed by atoms with Gasteiger partial charge in [0.25, 0.3) is 5.91 Å². The Kier molecular flexibility index (Phi) is 2.88. The molecule has 64 valence electrons. The van der Waals surface area contributed by atoms with Crippen LogP contribution in [0.5, 0.6) is 0 Å². The smallest absolute Gasteiger partial charge is 0.251 e. The summed E-state index contributed by atoms with van der Waals surface area (Å²) in [5.74, 6) is -0.0926. The van der Waals surface area contributed by atoms with Gasteiger partial charge < -0.3 is 10.0 Å². The molecule has 0 bridgehead atoms. The average molecular weight is 157 g/mol. The second-order valence-corrected chi connectivity index (χ2v) is 2.96. The maximum Gasteiger partial charge on any atom is 0.251 e. The summed E-state index contributed by atoms with van der Waals surface area (Å²) >= 11 is 0. The molecule has 1 fully saturated rings. The van der Waals surface area contributed by atoms with E-state index in [9.17, 15) is 9.90 Å². The molecule has 0 saturated carbocycles. The van der Waals surface area contributed by atoms with Crippen molar-refractivity contribution in [3.05, 3.63) is 0 Å². The molecular formula is C8H15NO2. The summed E-state index contributed by atoms with van der Waals surface area (Å²) in [5, 5.41) is 9.20. The lowest BCUT2D eigenvalue weighted by atomic mass is 10.2. The van der Waals surface area contributed by atoms with Gasteiger partial charge in [-0.15, -0.1) is 0 Å². The van der Waals surface area contributed by atoms with Gasteiger partial charge in [0.1, 0.15) is 6.10 Å². The lowest BCUT2D eigenvalue weighted by Gasteiger charge is -2.17. The van der Waals surface area contributed by atoms with Crippen LogP contribution >= 0.6 is 0 Å². The van der Waals surface area contributed by atoms with Gasteiger partial charge >= 0.3 is 0 Å². The minimum atomic E-state index is -0.770. The predicted molar refractivity (Wildman–Crippen MR) is 42.1 cm³/mol. The highest BCUT2D eigenvalue weighted by Crippen LogP contribution is 2.09. The molecule has 3 nitrogen and oxygen atoms in total.